The first-order valence-corrected chi connectivity index (χ1v) is 10.5. The first-order valence-electron chi connectivity index (χ1n) is 10.5. The molecule has 0 saturated carbocycles. The van der Waals surface area contributed by atoms with Gasteiger partial charge in [0.1, 0.15) is 11.7 Å². The molecule has 0 aliphatic rings. The molecule has 7 heteroatoms. The van der Waals surface area contributed by atoms with Crippen LogP contribution in [0.2, 0.25) is 0 Å². The predicted molar refractivity (Wildman–Crippen MR) is 128 cm³/mol. The van der Waals surface area contributed by atoms with E-state index in [1.54, 1.807) is 60.8 Å². The number of nitrogens with zero attached hydrogens (tertiary/aromatic N) is 2. The van der Waals surface area contributed by atoms with Crippen molar-refractivity contribution in [3.05, 3.63) is 89.1 Å². The molecule has 0 aliphatic carbocycles. The number of rotatable bonds is 7. The Morgan fingerprint density at radius 2 is 1.53 bits per heavy atom. The monoisotopic (exact) mass is 429 g/mol. The third-order valence-electron chi connectivity index (χ3n) is 5.07. The first-order chi connectivity index (χ1) is 15.4. The van der Waals surface area contributed by atoms with E-state index in [4.69, 9.17) is 5.41 Å². The van der Waals surface area contributed by atoms with E-state index in [0.717, 1.165) is 24.2 Å². The van der Waals surface area contributed by atoms with Crippen LogP contribution in [0.4, 0.5) is 11.5 Å². The van der Waals surface area contributed by atoms with Crippen LogP contribution in [0.3, 0.4) is 0 Å². The van der Waals surface area contributed by atoms with E-state index in [2.05, 4.69) is 15.6 Å². The number of hydrogen-bond acceptors (Lipinski definition) is 4. The van der Waals surface area contributed by atoms with Crippen molar-refractivity contribution in [3.63, 3.8) is 0 Å². The van der Waals surface area contributed by atoms with Crippen LogP contribution in [0.25, 0.3) is 0 Å². The number of carbonyl (C=O) groups is 2. The standard InChI is InChI=1S/C25H27N5O2/c1-4-30(5-2)23(26)18-11-13-19(14-12-18)24(31)28-21-9-7-6-8-20(21)25(32)29-22-15-10-17(3)16-27-22/h6-16,26H,4-5H2,1-3H3,(H,28,31)(H,27,29,32). The van der Waals surface area contributed by atoms with Crippen molar-refractivity contribution in [3.8, 4) is 0 Å². The molecule has 0 radical (unpaired) electrons. The van der Waals surface area contributed by atoms with Gasteiger partial charge in [-0.3, -0.25) is 15.0 Å². The molecule has 1 heterocycles. The average Bonchev–Trinajstić information content (AvgIpc) is 2.81. The zero-order chi connectivity index (χ0) is 23.1. The summed E-state index contributed by atoms with van der Waals surface area (Å²) in [7, 11) is 0. The van der Waals surface area contributed by atoms with Crippen LogP contribution >= 0.6 is 0 Å². The van der Waals surface area contributed by atoms with E-state index in [9.17, 15) is 9.59 Å². The Balaban J connectivity index is 1.73. The van der Waals surface area contributed by atoms with Crippen LogP contribution in [0, 0.1) is 12.3 Å². The third kappa shape index (κ3) is 5.37. The van der Waals surface area contributed by atoms with E-state index in [1.807, 2.05) is 31.7 Å². The summed E-state index contributed by atoms with van der Waals surface area (Å²) in [5, 5.41) is 13.9. The largest absolute Gasteiger partial charge is 0.357 e. The predicted octanol–water partition coefficient (Wildman–Crippen LogP) is 4.56. The average molecular weight is 430 g/mol. The smallest absolute Gasteiger partial charge is 0.258 e. The Labute approximate surface area is 188 Å². The maximum Gasteiger partial charge on any atom is 0.258 e. The normalized spacial score (nSPS) is 10.3. The topological polar surface area (TPSA) is 98.2 Å². The number of benzene rings is 2. The zero-order valence-corrected chi connectivity index (χ0v) is 18.5. The van der Waals surface area contributed by atoms with Crippen LogP contribution in [-0.4, -0.2) is 40.6 Å². The minimum absolute atomic E-state index is 0.334. The van der Waals surface area contributed by atoms with Gasteiger partial charge in [-0.05, 0) is 56.7 Å². The molecule has 32 heavy (non-hydrogen) atoms. The molecule has 0 unspecified atom stereocenters. The highest BCUT2D eigenvalue weighted by Crippen LogP contribution is 2.18. The Kier molecular flexibility index (Phi) is 7.33. The lowest BCUT2D eigenvalue weighted by atomic mass is 10.1. The van der Waals surface area contributed by atoms with E-state index < -0.39 is 0 Å². The highest BCUT2D eigenvalue weighted by atomic mass is 16.2. The van der Waals surface area contributed by atoms with Crippen molar-refractivity contribution < 1.29 is 9.59 Å². The highest BCUT2D eigenvalue weighted by molar-refractivity contribution is 6.12. The summed E-state index contributed by atoms with van der Waals surface area (Å²) in [5.41, 5.74) is 2.92. The minimum atomic E-state index is -0.361. The van der Waals surface area contributed by atoms with E-state index in [0.29, 0.717) is 28.5 Å². The number of para-hydroxylation sites is 1. The number of amidine groups is 1. The zero-order valence-electron chi connectivity index (χ0n) is 18.5. The second kappa shape index (κ2) is 10.3. The van der Waals surface area contributed by atoms with Gasteiger partial charge >= 0.3 is 0 Å². The molecule has 0 atom stereocenters. The number of nitrogens with one attached hydrogen (secondary N) is 3. The van der Waals surface area contributed by atoms with Crippen molar-refractivity contribution in [1.82, 2.24) is 9.88 Å². The van der Waals surface area contributed by atoms with Gasteiger partial charge in [-0.1, -0.05) is 30.3 Å². The molecule has 1 aromatic heterocycles. The van der Waals surface area contributed by atoms with E-state index >= 15 is 0 Å². The fourth-order valence-electron chi connectivity index (χ4n) is 3.21. The summed E-state index contributed by atoms with van der Waals surface area (Å²) in [6.07, 6.45) is 1.67. The SMILES string of the molecule is CCN(CC)C(=N)c1ccc(C(=O)Nc2ccccc2C(=O)Nc2ccc(C)cn2)cc1. The lowest BCUT2D eigenvalue weighted by Crippen LogP contribution is -2.30. The van der Waals surface area contributed by atoms with Gasteiger partial charge in [0.2, 0.25) is 0 Å². The summed E-state index contributed by atoms with van der Waals surface area (Å²) < 4.78 is 0. The second-order valence-electron chi connectivity index (χ2n) is 7.27. The fraction of sp³-hybridized carbons (Fsp3) is 0.200. The molecular formula is C25H27N5O2. The number of carbonyl (C=O) groups excluding carboxylic acids is 2. The molecule has 0 aliphatic heterocycles. The van der Waals surface area contributed by atoms with Crippen LogP contribution in [0.1, 0.15) is 45.7 Å². The minimum Gasteiger partial charge on any atom is -0.357 e. The summed E-state index contributed by atoms with van der Waals surface area (Å²) in [4.78, 5) is 31.7. The van der Waals surface area contributed by atoms with Crippen molar-refractivity contribution >= 4 is 29.2 Å². The van der Waals surface area contributed by atoms with Crippen molar-refractivity contribution in [2.24, 2.45) is 0 Å². The van der Waals surface area contributed by atoms with Gasteiger partial charge < -0.3 is 15.5 Å². The molecular weight excluding hydrogens is 402 g/mol. The van der Waals surface area contributed by atoms with E-state index in [1.165, 1.54) is 0 Å². The van der Waals surface area contributed by atoms with Crippen molar-refractivity contribution in [2.45, 2.75) is 20.8 Å². The quantitative estimate of drug-likeness (QED) is 0.379. The Morgan fingerprint density at radius 3 is 2.16 bits per heavy atom. The molecule has 0 saturated heterocycles. The van der Waals surface area contributed by atoms with Gasteiger partial charge in [0.05, 0.1) is 11.3 Å². The van der Waals surface area contributed by atoms with Crippen LogP contribution in [0.15, 0.2) is 66.9 Å². The molecule has 0 spiro atoms. The van der Waals surface area contributed by atoms with Crippen LogP contribution < -0.4 is 10.6 Å². The Morgan fingerprint density at radius 1 is 0.875 bits per heavy atom. The number of hydrogen-bond donors (Lipinski definition) is 3. The molecule has 7 nitrogen and oxygen atoms in total. The molecule has 2 aromatic carbocycles. The van der Waals surface area contributed by atoms with Crippen LogP contribution in [-0.2, 0) is 0 Å². The van der Waals surface area contributed by atoms with Crippen molar-refractivity contribution in [1.29, 1.82) is 5.41 Å². The molecule has 164 valence electrons. The number of pyridine rings is 1. The molecule has 3 N–H and O–H groups in total. The number of amides is 2. The molecule has 3 rings (SSSR count). The van der Waals surface area contributed by atoms with Gasteiger partial charge in [0.15, 0.2) is 0 Å². The Hall–Kier alpha value is -4.00. The maximum atomic E-state index is 12.8. The summed E-state index contributed by atoms with van der Waals surface area (Å²) in [6.45, 7) is 7.41. The van der Waals surface area contributed by atoms with Gasteiger partial charge in [0.25, 0.3) is 11.8 Å². The van der Waals surface area contributed by atoms with Crippen LogP contribution in [0.5, 0.6) is 0 Å². The summed E-state index contributed by atoms with van der Waals surface area (Å²) in [5.74, 6) is 0.168. The fourth-order valence-corrected chi connectivity index (χ4v) is 3.21. The molecule has 3 aromatic rings. The van der Waals surface area contributed by atoms with Gasteiger partial charge in [-0.15, -0.1) is 0 Å². The van der Waals surface area contributed by atoms with Gasteiger partial charge in [0, 0.05) is 30.4 Å². The lowest BCUT2D eigenvalue weighted by Gasteiger charge is -2.21. The van der Waals surface area contributed by atoms with E-state index in [-0.39, 0.29) is 11.8 Å². The molecule has 0 fully saturated rings. The lowest BCUT2D eigenvalue weighted by molar-refractivity contribution is 0.102. The molecule has 2 amide bonds. The second-order valence-corrected chi connectivity index (χ2v) is 7.27. The van der Waals surface area contributed by atoms with Gasteiger partial charge in [-0.2, -0.15) is 0 Å². The Bertz CT molecular complexity index is 1100. The number of anilines is 2. The molecule has 0 bridgehead atoms. The highest BCUT2D eigenvalue weighted by Gasteiger charge is 2.15. The number of aromatic nitrogens is 1. The third-order valence-corrected chi connectivity index (χ3v) is 5.07. The summed E-state index contributed by atoms with van der Waals surface area (Å²) in [6, 6.07) is 17.3. The summed E-state index contributed by atoms with van der Waals surface area (Å²) >= 11 is 0. The van der Waals surface area contributed by atoms with Gasteiger partial charge in [-0.25, -0.2) is 4.98 Å². The maximum absolute atomic E-state index is 12.8. The number of aryl methyl sites for hydroxylation is 1. The first kappa shape index (κ1) is 22.7. The van der Waals surface area contributed by atoms with Crippen molar-refractivity contribution in [2.75, 3.05) is 23.7 Å².